The van der Waals surface area contributed by atoms with Crippen molar-refractivity contribution in [3.63, 3.8) is 0 Å². The van der Waals surface area contributed by atoms with Gasteiger partial charge in [0.25, 0.3) is 11.1 Å². The number of carbonyl (C=O) groups is 1. The monoisotopic (exact) mass is 546 g/mol. The number of nitrogens with one attached hydrogen (secondary N) is 1. The third-order valence-corrected chi connectivity index (χ3v) is 7.45. The molecule has 0 bridgehead atoms. The van der Waals surface area contributed by atoms with E-state index >= 15 is 0 Å². The number of anilines is 1. The lowest BCUT2D eigenvalue weighted by Gasteiger charge is -2.13. The second-order valence-corrected chi connectivity index (χ2v) is 10.8. The van der Waals surface area contributed by atoms with Gasteiger partial charge >= 0.3 is 0 Å². The number of aryl methyl sites for hydroxylation is 2. The van der Waals surface area contributed by atoms with Crippen LogP contribution in [0.5, 0.6) is 11.5 Å². The molecule has 1 N–H and O–H groups in total. The van der Waals surface area contributed by atoms with Gasteiger partial charge in [-0.25, -0.2) is 8.42 Å². The SMILES string of the molecule is CCS(=O)(=O)c1nsc(NC(=O)/C(C#N)=C\c2ccc(OCCOc3c(C)cccc3C)c(Cl)c2)n1. The molecule has 1 amide bonds. The van der Waals surface area contributed by atoms with Crippen LogP contribution in [0.15, 0.2) is 47.1 Å². The zero-order chi connectivity index (χ0) is 26.3. The normalized spacial score (nSPS) is 11.6. The predicted octanol–water partition coefficient (Wildman–Crippen LogP) is 4.61. The molecule has 0 aliphatic rings. The van der Waals surface area contributed by atoms with Crippen molar-refractivity contribution >= 4 is 50.1 Å². The number of rotatable bonds is 10. The van der Waals surface area contributed by atoms with Gasteiger partial charge < -0.3 is 9.47 Å². The third-order valence-electron chi connectivity index (χ3n) is 4.91. The van der Waals surface area contributed by atoms with Gasteiger partial charge in [0.15, 0.2) is 0 Å². The van der Waals surface area contributed by atoms with E-state index in [1.54, 1.807) is 18.2 Å². The van der Waals surface area contributed by atoms with Crippen molar-refractivity contribution in [2.24, 2.45) is 0 Å². The van der Waals surface area contributed by atoms with Crippen molar-refractivity contribution in [2.75, 3.05) is 24.3 Å². The van der Waals surface area contributed by atoms with Gasteiger partial charge in [0.2, 0.25) is 15.0 Å². The van der Waals surface area contributed by atoms with Crippen LogP contribution in [0, 0.1) is 25.2 Å². The topological polar surface area (TPSA) is 131 Å². The van der Waals surface area contributed by atoms with E-state index in [1.807, 2.05) is 38.1 Å². The van der Waals surface area contributed by atoms with Crippen LogP contribution in [0.1, 0.15) is 23.6 Å². The first-order chi connectivity index (χ1) is 17.1. The number of ether oxygens (including phenoxy) is 2. The zero-order valence-corrected chi connectivity index (χ0v) is 22.1. The standard InChI is InChI=1S/C24H23ClN4O5S2/c1-4-36(31,32)24-28-23(35-29-24)27-22(30)18(14-26)12-17-8-9-20(19(25)13-17)33-10-11-34-21-15(2)6-5-7-16(21)3/h5-9,12-13H,4,10-11H2,1-3H3,(H,27,28,29,30)/b18-12-. The Morgan fingerprint density at radius 3 is 2.53 bits per heavy atom. The molecule has 0 atom stereocenters. The number of nitrogens with zero attached hydrogens (tertiary/aromatic N) is 3. The summed E-state index contributed by atoms with van der Waals surface area (Å²) in [4.78, 5) is 16.3. The van der Waals surface area contributed by atoms with Crippen molar-refractivity contribution in [1.29, 1.82) is 5.26 Å². The number of sulfone groups is 1. The fourth-order valence-corrected chi connectivity index (χ4v) is 4.87. The van der Waals surface area contributed by atoms with E-state index < -0.39 is 15.7 Å². The third kappa shape index (κ3) is 6.81. The molecule has 0 aliphatic carbocycles. The van der Waals surface area contributed by atoms with Crippen LogP contribution in [-0.2, 0) is 14.6 Å². The smallest absolute Gasteiger partial charge is 0.268 e. The summed E-state index contributed by atoms with van der Waals surface area (Å²) in [5, 5.41) is 11.7. The summed E-state index contributed by atoms with van der Waals surface area (Å²) in [6.07, 6.45) is 1.35. The maximum Gasteiger partial charge on any atom is 0.268 e. The van der Waals surface area contributed by atoms with Crippen LogP contribution < -0.4 is 14.8 Å². The highest BCUT2D eigenvalue weighted by Gasteiger charge is 2.20. The molecule has 1 aromatic heterocycles. The molecular formula is C24H23ClN4O5S2. The second-order valence-electron chi connectivity index (χ2n) is 7.52. The molecule has 0 fully saturated rings. The molecule has 12 heteroatoms. The number of halogens is 1. The summed E-state index contributed by atoms with van der Waals surface area (Å²) in [5.74, 6) is 0.335. The number of hydrogen-bond donors (Lipinski definition) is 1. The first-order valence-corrected chi connectivity index (χ1v) is 13.6. The van der Waals surface area contributed by atoms with Crippen LogP contribution >= 0.6 is 23.1 Å². The average Bonchev–Trinajstić information content (AvgIpc) is 3.32. The first-order valence-electron chi connectivity index (χ1n) is 10.8. The summed E-state index contributed by atoms with van der Waals surface area (Å²) >= 11 is 7.03. The van der Waals surface area contributed by atoms with Crippen LogP contribution in [-0.4, -0.2) is 42.6 Å². The number of hydrogen-bond acceptors (Lipinski definition) is 9. The highest BCUT2D eigenvalue weighted by molar-refractivity contribution is 7.91. The molecular weight excluding hydrogens is 524 g/mol. The largest absolute Gasteiger partial charge is 0.489 e. The maximum absolute atomic E-state index is 12.5. The van der Waals surface area contributed by atoms with Crippen molar-refractivity contribution in [1.82, 2.24) is 9.36 Å². The molecule has 3 aromatic rings. The number of carbonyl (C=O) groups excluding carboxylic acids is 1. The van der Waals surface area contributed by atoms with E-state index in [4.69, 9.17) is 21.1 Å². The molecule has 1 heterocycles. The Labute approximate surface area is 218 Å². The average molecular weight is 547 g/mol. The molecule has 0 aliphatic heterocycles. The quantitative estimate of drug-likeness (QED) is 0.221. The van der Waals surface area contributed by atoms with E-state index in [9.17, 15) is 18.5 Å². The van der Waals surface area contributed by atoms with Gasteiger partial charge in [-0.1, -0.05) is 42.8 Å². The fourth-order valence-electron chi connectivity index (χ4n) is 3.04. The van der Waals surface area contributed by atoms with Crippen molar-refractivity contribution in [3.05, 3.63) is 63.7 Å². The van der Waals surface area contributed by atoms with Crippen LogP contribution in [0.4, 0.5) is 5.13 Å². The van der Waals surface area contributed by atoms with E-state index in [2.05, 4.69) is 14.7 Å². The van der Waals surface area contributed by atoms with E-state index in [-0.39, 0.29) is 28.2 Å². The van der Waals surface area contributed by atoms with E-state index in [1.165, 1.54) is 13.0 Å². The number of para-hydroxylation sites is 1. The molecule has 0 saturated heterocycles. The van der Waals surface area contributed by atoms with Gasteiger partial charge in [-0.05, 0) is 48.7 Å². The lowest BCUT2D eigenvalue weighted by atomic mass is 10.1. The Balaban J connectivity index is 1.62. The fraction of sp³-hybridized carbons (Fsp3) is 0.250. The number of benzene rings is 2. The lowest BCUT2D eigenvalue weighted by Crippen LogP contribution is -2.13. The molecule has 0 saturated carbocycles. The minimum Gasteiger partial charge on any atom is -0.489 e. The number of nitriles is 1. The molecule has 0 radical (unpaired) electrons. The number of amides is 1. The zero-order valence-electron chi connectivity index (χ0n) is 19.7. The lowest BCUT2D eigenvalue weighted by molar-refractivity contribution is -0.112. The van der Waals surface area contributed by atoms with Crippen LogP contribution in [0.25, 0.3) is 6.08 Å². The Kier molecular flexibility index (Phi) is 9.03. The molecule has 188 valence electrons. The van der Waals surface area contributed by atoms with Crippen LogP contribution in [0.3, 0.4) is 0 Å². The first kappa shape index (κ1) is 27.1. The minimum atomic E-state index is -3.60. The molecule has 36 heavy (non-hydrogen) atoms. The molecule has 0 unspecified atom stereocenters. The summed E-state index contributed by atoms with van der Waals surface area (Å²) in [6.45, 7) is 6.02. The summed E-state index contributed by atoms with van der Waals surface area (Å²) in [6, 6.07) is 12.6. The van der Waals surface area contributed by atoms with Gasteiger partial charge in [-0.3, -0.25) is 10.1 Å². The van der Waals surface area contributed by atoms with Gasteiger partial charge in [0, 0.05) is 11.5 Å². The Morgan fingerprint density at radius 2 is 1.89 bits per heavy atom. The Hall–Kier alpha value is -3.46. The summed E-state index contributed by atoms with van der Waals surface area (Å²) in [7, 11) is -3.60. The maximum atomic E-state index is 12.5. The Bertz CT molecular complexity index is 1420. The molecule has 3 rings (SSSR count). The van der Waals surface area contributed by atoms with E-state index in [0.29, 0.717) is 34.5 Å². The molecule has 9 nitrogen and oxygen atoms in total. The number of aromatic nitrogens is 2. The predicted molar refractivity (Wildman–Crippen MR) is 138 cm³/mol. The van der Waals surface area contributed by atoms with Crippen molar-refractivity contribution < 1.29 is 22.7 Å². The van der Waals surface area contributed by atoms with Crippen molar-refractivity contribution in [2.45, 2.75) is 25.9 Å². The highest BCUT2D eigenvalue weighted by atomic mass is 35.5. The van der Waals surface area contributed by atoms with Crippen molar-refractivity contribution in [3.8, 4) is 17.6 Å². The Morgan fingerprint density at radius 1 is 1.19 bits per heavy atom. The highest BCUT2D eigenvalue weighted by Crippen LogP contribution is 2.27. The molecule has 0 spiro atoms. The van der Waals surface area contributed by atoms with E-state index in [0.717, 1.165) is 16.9 Å². The van der Waals surface area contributed by atoms with Gasteiger partial charge in [-0.2, -0.15) is 14.6 Å². The minimum absolute atomic E-state index is 0.0296. The van der Waals surface area contributed by atoms with Crippen LogP contribution in [0.2, 0.25) is 5.02 Å². The molecule has 2 aromatic carbocycles. The summed E-state index contributed by atoms with van der Waals surface area (Å²) in [5.41, 5.74) is 2.35. The van der Waals surface area contributed by atoms with Gasteiger partial charge in [-0.15, -0.1) is 0 Å². The summed E-state index contributed by atoms with van der Waals surface area (Å²) < 4.78 is 39.0. The van der Waals surface area contributed by atoms with Gasteiger partial charge in [0.1, 0.15) is 36.4 Å². The second kappa shape index (κ2) is 12.0. The van der Waals surface area contributed by atoms with Gasteiger partial charge in [0.05, 0.1) is 10.8 Å².